The van der Waals surface area contributed by atoms with Gasteiger partial charge in [0.1, 0.15) is 11.9 Å². The topological polar surface area (TPSA) is 44.8 Å². The van der Waals surface area contributed by atoms with Crippen molar-refractivity contribution in [2.24, 2.45) is 0 Å². The van der Waals surface area contributed by atoms with Crippen LogP contribution in [0.4, 0.5) is 0 Å². The van der Waals surface area contributed by atoms with E-state index < -0.39 is 0 Å². The number of likely N-dealkylation sites (tertiary alicyclic amines) is 1. The molecule has 156 valence electrons. The molecular weight excluding hydrogens is 394 g/mol. The molecular formula is C21H32ClN3O2S. The third-order valence-electron chi connectivity index (χ3n) is 5.52. The number of halogens is 1. The van der Waals surface area contributed by atoms with Crippen LogP contribution in [0.3, 0.4) is 0 Å². The number of carbonyl (C=O) groups excluding carboxylic acids is 1. The van der Waals surface area contributed by atoms with Gasteiger partial charge in [-0.05, 0) is 69.5 Å². The third-order valence-corrected chi connectivity index (χ3v) is 6.86. The fourth-order valence-corrected chi connectivity index (χ4v) is 5.13. The summed E-state index contributed by atoms with van der Waals surface area (Å²) in [4.78, 5) is 16.9. The van der Waals surface area contributed by atoms with Gasteiger partial charge in [-0.3, -0.25) is 4.79 Å². The SMILES string of the molecule is CN(C)CCNC(=O)c1ccc(OC2CCN(C3CCSCC3)CC2)c(Cl)c1. The van der Waals surface area contributed by atoms with E-state index in [0.29, 0.717) is 22.9 Å². The quantitative estimate of drug-likeness (QED) is 0.725. The lowest BCUT2D eigenvalue weighted by molar-refractivity contribution is 0.0726. The Morgan fingerprint density at radius 3 is 2.61 bits per heavy atom. The molecule has 0 aromatic heterocycles. The number of nitrogens with one attached hydrogen (secondary N) is 1. The molecule has 0 spiro atoms. The number of likely N-dealkylation sites (N-methyl/N-ethyl adjacent to an activating group) is 1. The highest BCUT2D eigenvalue weighted by molar-refractivity contribution is 7.99. The molecule has 5 nitrogen and oxygen atoms in total. The fourth-order valence-electron chi connectivity index (χ4n) is 3.82. The maximum Gasteiger partial charge on any atom is 0.251 e. The van der Waals surface area contributed by atoms with Crippen LogP contribution in [0, 0.1) is 0 Å². The minimum absolute atomic E-state index is 0.103. The van der Waals surface area contributed by atoms with E-state index in [4.69, 9.17) is 16.3 Å². The Hall–Kier alpha value is -0.950. The van der Waals surface area contributed by atoms with Crippen molar-refractivity contribution in [3.05, 3.63) is 28.8 Å². The van der Waals surface area contributed by atoms with Crippen molar-refractivity contribution in [2.75, 3.05) is 51.8 Å². The highest BCUT2D eigenvalue weighted by Crippen LogP contribution is 2.30. The Kier molecular flexibility index (Phi) is 8.33. The smallest absolute Gasteiger partial charge is 0.251 e. The maximum atomic E-state index is 12.2. The van der Waals surface area contributed by atoms with E-state index in [0.717, 1.165) is 38.5 Å². The maximum absolute atomic E-state index is 12.2. The monoisotopic (exact) mass is 425 g/mol. The van der Waals surface area contributed by atoms with Crippen molar-refractivity contribution < 1.29 is 9.53 Å². The molecule has 28 heavy (non-hydrogen) atoms. The summed E-state index contributed by atoms with van der Waals surface area (Å²) < 4.78 is 6.17. The summed E-state index contributed by atoms with van der Waals surface area (Å²) in [6.07, 6.45) is 4.91. The first kappa shape index (κ1) is 21.8. The molecule has 0 saturated carbocycles. The van der Waals surface area contributed by atoms with Gasteiger partial charge in [0.2, 0.25) is 0 Å². The van der Waals surface area contributed by atoms with Gasteiger partial charge in [0, 0.05) is 37.8 Å². The molecule has 2 aliphatic heterocycles. The van der Waals surface area contributed by atoms with E-state index in [1.54, 1.807) is 12.1 Å². The zero-order chi connectivity index (χ0) is 19.9. The van der Waals surface area contributed by atoms with Gasteiger partial charge in [0.05, 0.1) is 5.02 Å². The molecule has 2 aliphatic rings. The highest BCUT2D eigenvalue weighted by atomic mass is 35.5. The van der Waals surface area contributed by atoms with Gasteiger partial charge in [-0.25, -0.2) is 0 Å². The van der Waals surface area contributed by atoms with E-state index in [9.17, 15) is 4.79 Å². The second kappa shape index (κ2) is 10.7. The van der Waals surface area contributed by atoms with Crippen LogP contribution in [0.1, 0.15) is 36.0 Å². The first-order valence-corrected chi connectivity index (χ1v) is 11.8. The third kappa shape index (κ3) is 6.28. The number of ether oxygens (including phenoxy) is 1. The largest absolute Gasteiger partial charge is 0.489 e. The Morgan fingerprint density at radius 2 is 1.96 bits per heavy atom. The predicted octanol–water partition coefficient (Wildman–Crippen LogP) is 3.37. The van der Waals surface area contributed by atoms with Crippen LogP contribution in [0.5, 0.6) is 5.75 Å². The second-order valence-corrected chi connectivity index (χ2v) is 9.53. The van der Waals surface area contributed by atoms with Crippen molar-refractivity contribution in [1.29, 1.82) is 0 Å². The van der Waals surface area contributed by atoms with Crippen LogP contribution in [0.25, 0.3) is 0 Å². The number of rotatable bonds is 7. The molecule has 0 bridgehead atoms. The number of thioether (sulfide) groups is 1. The average Bonchev–Trinajstić information content (AvgIpc) is 2.70. The van der Waals surface area contributed by atoms with Gasteiger partial charge in [0.15, 0.2) is 0 Å². The van der Waals surface area contributed by atoms with Crippen LogP contribution >= 0.6 is 23.4 Å². The molecule has 0 atom stereocenters. The van der Waals surface area contributed by atoms with E-state index in [-0.39, 0.29) is 12.0 Å². The van der Waals surface area contributed by atoms with Gasteiger partial charge >= 0.3 is 0 Å². The number of amides is 1. The van der Waals surface area contributed by atoms with E-state index in [1.165, 1.54) is 24.3 Å². The fraction of sp³-hybridized carbons (Fsp3) is 0.667. The summed E-state index contributed by atoms with van der Waals surface area (Å²) in [7, 11) is 3.96. The average molecular weight is 426 g/mol. The lowest BCUT2D eigenvalue weighted by Gasteiger charge is -2.39. The molecule has 2 saturated heterocycles. The van der Waals surface area contributed by atoms with Crippen molar-refractivity contribution in [3.63, 3.8) is 0 Å². The van der Waals surface area contributed by atoms with E-state index in [1.807, 2.05) is 25.1 Å². The Balaban J connectivity index is 1.47. The number of nitrogens with zero attached hydrogens (tertiary/aromatic N) is 2. The van der Waals surface area contributed by atoms with E-state index in [2.05, 4.69) is 22.0 Å². The van der Waals surface area contributed by atoms with Crippen LogP contribution in [-0.4, -0.2) is 79.6 Å². The molecule has 1 N–H and O–H groups in total. The molecule has 3 rings (SSSR count). The van der Waals surface area contributed by atoms with Gasteiger partial charge in [-0.15, -0.1) is 0 Å². The standard InChI is InChI=1S/C21H32ClN3O2S/c1-24(2)12-9-23-21(26)16-3-4-20(19(22)15-16)27-18-5-10-25(11-6-18)17-7-13-28-14-8-17/h3-4,15,17-18H,5-14H2,1-2H3,(H,23,26). The molecule has 2 fully saturated rings. The Morgan fingerprint density at radius 1 is 1.25 bits per heavy atom. The predicted molar refractivity (Wildman–Crippen MR) is 118 cm³/mol. The summed E-state index contributed by atoms with van der Waals surface area (Å²) in [6.45, 7) is 3.62. The molecule has 1 amide bonds. The first-order chi connectivity index (χ1) is 13.5. The van der Waals surface area contributed by atoms with Crippen molar-refractivity contribution in [1.82, 2.24) is 15.1 Å². The molecule has 1 aromatic rings. The van der Waals surface area contributed by atoms with Gasteiger partial charge < -0.3 is 19.9 Å². The van der Waals surface area contributed by atoms with E-state index >= 15 is 0 Å². The summed E-state index contributed by atoms with van der Waals surface area (Å²) in [5.41, 5.74) is 0.570. The minimum Gasteiger partial charge on any atom is -0.489 e. The van der Waals surface area contributed by atoms with Crippen LogP contribution in [0.15, 0.2) is 18.2 Å². The van der Waals surface area contributed by atoms with Gasteiger partial charge in [-0.1, -0.05) is 11.6 Å². The van der Waals surface area contributed by atoms with Gasteiger partial charge in [-0.2, -0.15) is 11.8 Å². The lowest BCUT2D eigenvalue weighted by atomic mass is 10.0. The zero-order valence-corrected chi connectivity index (χ0v) is 18.5. The molecule has 7 heteroatoms. The Labute approximate surface area is 178 Å². The number of carbonyl (C=O) groups is 1. The molecule has 0 unspecified atom stereocenters. The minimum atomic E-state index is -0.103. The van der Waals surface area contributed by atoms with Crippen LogP contribution in [-0.2, 0) is 0 Å². The van der Waals surface area contributed by atoms with Crippen molar-refractivity contribution in [3.8, 4) is 5.75 Å². The van der Waals surface area contributed by atoms with Crippen molar-refractivity contribution >= 4 is 29.3 Å². The van der Waals surface area contributed by atoms with Crippen LogP contribution < -0.4 is 10.1 Å². The van der Waals surface area contributed by atoms with Gasteiger partial charge in [0.25, 0.3) is 5.91 Å². The number of piperidine rings is 1. The number of benzene rings is 1. The van der Waals surface area contributed by atoms with Crippen LogP contribution in [0.2, 0.25) is 5.02 Å². The first-order valence-electron chi connectivity index (χ1n) is 10.2. The Bertz CT molecular complexity index is 645. The molecule has 2 heterocycles. The number of hydrogen-bond acceptors (Lipinski definition) is 5. The number of hydrogen-bond donors (Lipinski definition) is 1. The summed E-state index contributed by atoms with van der Waals surface area (Å²) in [6, 6.07) is 6.09. The van der Waals surface area contributed by atoms with Crippen molar-refractivity contribution in [2.45, 2.75) is 37.8 Å². The highest BCUT2D eigenvalue weighted by Gasteiger charge is 2.27. The molecule has 0 radical (unpaired) electrons. The second-order valence-electron chi connectivity index (χ2n) is 7.90. The summed E-state index contributed by atoms with van der Waals surface area (Å²) in [5.74, 6) is 3.17. The molecule has 1 aromatic carbocycles. The lowest BCUT2D eigenvalue weighted by Crippen LogP contribution is -2.45. The summed E-state index contributed by atoms with van der Waals surface area (Å²) >= 11 is 8.48. The molecule has 0 aliphatic carbocycles. The zero-order valence-electron chi connectivity index (χ0n) is 17.0. The normalized spacial score (nSPS) is 19.7. The summed E-state index contributed by atoms with van der Waals surface area (Å²) in [5, 5.41) is 3.41.